The Hall–Kier alpha value is -1.46. The number of halogens is 8. The molecule has 0 saturated carbocycles. The van der Waals surface area contributed by atoms with E-state index in [0.29, 0.717) is 0 Å². The molecule has 12 heteroatoms. The highest BCUT2D eigenvalue weighted by atomic mass is 32.2. The summed E-state index contributed by atoms with van der Waals surface area (Å²) in [5.74, 6) is -6.27. The molecule has 1 aromatic rings. The van der Waals surface area contributed by atoms with Crippen molar-refractivity contribution < 1.29 is 43.5 Å². The molecule has 0 aliphatic rings. The fourth-order valence-electron chi connectivity index (χ4n) is 1.38. The number of alkyl halides is 8. The van der Waals surface area contributed by atoms with Crippen LogP contribution < -0.4 is 0 Å². The van der Waals surface area contributed by atoms with Crippen molar-refractivity contribution in [3.05, 3.63) is 29.9 Å². The number of sulfone groups is 1. The van der Waals surface area contributed by atoms with Crippen LogP contribution >= 0.6 is 0 Å². The monoisotopic (exact) mass is 370 g/mol. The first-order valence-corrected chi connectivity index (χ1v) is 7.37. The lowest BCUT2D eigenvalue weighted by atomic mass is 10.1. The number of rotatable bonds is 4. The molecule has 0 spiro atoms. The summed E-state index contributed by atoms with van der Waals surface area (Å²) in [6.45, 7) is 0.987. The van der Waals surface area contributed by atoms with Crippen LogP contribution in [0.2, 0.25) is 0 Å². The minimum atomic E-state index is -6.05. The topological polar surface area (TPSA) is 47.0 Å². The van der Waals surface area contributed by atoms with Crippen LogP contribution in [0.5, 0.6) is 0 Å². The van der Waals surface area contributed by atoms with E-state index in [2.05, 4.69) is 4.98 Å². The second-order valence-corrected chi connectivity index (χ2v) is 6.52. The summed E-state index contributed by atoms with van der Waals surface area (Å²) in [5, 5.41) is 0. The van der Waals surface area contributed by atoms with Crippen molar-refractivity contribution in [3.63, 3.8) is 0 Å². The minimum Gasteiger partial charge on any atom is -0.259 e. The highest BCUT2D eigenvalue weighted by Gasteiger charge is 2.58. The molecule has 1 rings (SSSR count). The predicted octanol–water partition coefficient (Wildman–Crippen LogP) is 3.64. The molecule has 1 radical (unpaired) electrons. The second-order valence-electron chi connectivity index (χ2n) is 4.27. The predicted molar refractivity (Wildman–Crippen MR) is 61.4 cm³/mol. The molecule has 0 unspecified atom stereocenters. The van der Waals surface area contributed by atoms with Gasteiger partial charge in [0.2, 0.25) is 0 Å². The van der Waals surface area contributed by atoms with Crippen molar-refractivity contribution >= 4 is 9.84 Å². The first-order chi connectivity index (χ1) is 10.1. The zero-order valence-electron chi connectivity index (χ0n) is 11.1. The van der Waals surface area contributed by atoms with E-state index < -0.39 is 56.4 Å². The van der Waals surface area contributed by atoms with Gasteiger partial charge in [-0.25, -0.2) is 8.42 Å². The SMILES string of the molecule is CCS(=O)(=O)c1cc(C(F)(F)F)cnc1[CH]C(F)(F)C(F)(F)F. The summed E-state index contributed by atoms with van der Waals surface area (Å²) < 4.78 is 123. The Morgan fingerprint density at radius 1 is 1.09 bits per heavy atom. The number of hydrogen-bond donors (Lipinski definition) is 0. The van der Waals surface area contributed by atoms with E-state index >= 15 is 0 Å². The molecule has 0 N–H and O–H groups in total. The van der Waals surface area contributed by atoms with Crippen LogP contribution in [0.15, 0.2) is 17.2 Å². The molecule has 3 nitrogen and oxygen atoms in total. The Bertz CT molecular complexity index is 678. The van der Waals surface area contributed by atoms with Gasteiger partial charge in [-0.05, 0) is 6.07 Å². The second kappa shape index (κ2) is 5.87. The van der Waals surface area contributed by atoms with Gasteiger partial charge in [-0.15, -0.1) is 0 Å². The van der Waals surface area contributed by atoms with Gasteiger partial charge in [0.25, 0.3) is 0 Å². The maximum absolute atomic E-state index is 13.0. The van der Waals surface area contributed by atoms with Crippen LogP contribution in [-0.2, 0) is 16.0 Å². The Balaban J connectivity index is 3.50. The van der Waals surface area contributed by atoms with Gasteiger partial charge in [-0.2, -0.15) is 35.1 Å². The van der Waals surface area contributed by atoms with Crippen LogP contribution in [0.1, 0.15) is 18.2 Å². The Morgan fingerprint density at radius 3 is 2.00 bits per heavy atom. The highest BCUT2D eigenvalue weighted by Crippen LogP contribution is 2.40. The summed E-state index contributed by atoms with van der Waals surface area (Å²) >= 11 is 0. The van der Waals surface area contributed by atoms with Crippen molar-refractivity contribution in [1.29, 1.82) is 0 Å². The first kappa shape index (κ1) is 19.6. The Labute approximate surface area is 125 Å². The standard InChI is InChI=1S/C11H8F8NO2S/c1-2-23(21,22)8-3-6(10(14,15)16)5-20-7(8)4-9(12,13)11(17,18)19/h3-5H,2H2,1H3. The van der Waals surface area contributed by atoms with Gasteiger partial charge in [0, 0.05) is 6.20 Å². The smallest absolute Gasteiger partial charge is 0.259 e. The summed E-state index contributed by atoms with van der Waals surface area (Å²) in [5.41, 5.74) is -2.99. The summed E-state index contributed by atoms with van der Waals surface area (Å²) in [7, 11) is -4.52. The normalized spacial score (nSPS) is 14.1. The molecule has 23 heavy (non-hydrogen) atoms. The first-order valence-electron chi connectivity index (χ1n) is 5.72. The van der Waals surface area contributed by atoms with Crippen LogP contribution in [0, 0.1) is 6.42 Å². The zero-order chi connectivity index (χ0) is 18.3. The highest BCUT2D eigenvalue weighted by molar-refractivity contribution is 7.91. The molecule has 0 aromatic carbocycles. The molecule has 1 aromatic heterocycles. The molecule has 0 aliphatic heterocycles. The molecule has 0 bridgehead atoms. The third kappa shape index (κ3) is 4.30. The molecule has 1 heterocycles. The van der Waals surface area contributed by atoms with Crippen LogP contribution in [0.25, 0.3) is 0 Å². The van der Waals surface area contributed by atoms with Gasteiger partial charge < -0.3 is 0 Å². The zero-order valence-corrected chi connectivity index (χ0v) is 12.0. The fraction of sp³-hybridized carbons (Fsp3) is 0.455. The van der Waals surface area contributed by atoms with Crippen molar-refractivity contribution in [2.75, 3.05) is 5.75 Å². The number of hydrogen-bond acceptors (Lipinski definition) is 3. The van der Waals surface area contributed by atoms with Gasteiger partial charge in [0.05, 0.1) is 28.3 Å². The Kier molecular flexibility index (Phi) is 5.00. The summed E-state index contributed by atoms with van der Waals surface area (Å²) in [6, 6.07) is -0.0237. The van der Waals surface area contributed by atoms with Gasteiger partial charge in [-0.3, -0.25) is 4.98 Å². The molecule has 0 saturated heterocycles. The molecular formula is C11H8F8NO2S. The third-order valence-corrected chi connectivity index (χ3v) is 4.38. The van der Waals surface area contributed by atoms with Crippen molar-refractivity contribution in [3.8, 4) is 0 Å². The number of pyridine rings is 1. The molecule has 0 aliphatic carbocycles. The number of aromatic nitrogens is 1. The number of nitrogens with zero attached hydrogens (tertiary/aromatic N) is 1. The van der Waals surface area contributed by atoms with Gasteiger partial charge >= 0.3 is 18.3 Å². The van der Waals surface area contributed by atoms with Crippen molar-refractivity contribution in [1.82, 2.24) is 4.98 Å². The van der Waals surface area contributed by atoms with E-state index in [-0.39, 0.29) is 12.3 Å². The quantitative estimate of drug-likeness (QED) is 0.761. The molecule has 0 fully saturated rings. The average molecular weight is 370 g/mol. The van der Waals surface area contributed by atoms with E-state index in [1.807, 2.05) is 0 Å². The van der Waals surface area contributed by atoms with Crippen LogP contribution in [0.3, 0.4) is 0 Å². The van der Waals surface area contributed by atoms with Crippen LogP contribution in [0.4, 0.5) is 35.1 Å². The molecule has 131 valence electrons. The van der Waals surface area contributed by atoms with Gasteiger partial charge in [0.1, 0.15) is 0 Å². The third-order valence-electron chi connectivity index (χ3n) is 2.62. The van der Waals surface area contributed by atoms with E-state index in [1.54, 1.807) is 0 Å². The Morgan fingerprint density at radius 2 is 1.61 bits per heavy atom. The fourth-order valence-corrected chi connectivity index (χ4v) is 2.42. The minimum absolute atomic E-state index is 0.0209. The maximum Gasteiger partial charge on any atom is 0.454 e. The largest absolute Gasteiger partial charge is 0.454 e. The summed E-state index contributed by atoms with van der Waals surface area (Å²) in [6.07, 6.45) is -11.9. The van der Waals surface area contributed by atoms with E-state index in [4.69, 9.17) is 0 Å². The molecular weight excluding hydrogens is 362 g/mol. The lowest BCUT2D eigenvalue weighted by Crippen LogP contribution is -2.37. The lowest BCUT2D eigenvalue weighted by Gasteiger charge is -2.20. The van der Waals surface area contributed by atoms with E-state index in [9.17, 15) is 43.5 Å². The molecule has 0 amide bonds. The van der Waals surface area contributed by atoms with Gasteiger partial charge in [0.15, 0.2) is 9.84 Å². The molecule has 0 atom stereocenters. The van der Waals surface area contributed by atoms with Gasteiger partial charge in [-0.1, -0.05) is 6.92 Å². The maximum atomic E-state index is 13.0. The van der Waals surface area contributed by atoms with Crippen molar-refractivity contribution in [2.24, 2.45) is 0 Å². The van der Waals surface area contributed by atoms with E-state index in [0.717, 1.165) is 6.92 Å². The lowest BCUT2D eigenvalue weighted by molar-refractivity contribution is -0.265. The van der Waals surface area contributed by atoms with Crippen molar-refractivity contribution in [2.45, 2.75) is 30.1 Å². The summed E-state index contributed by atoms with van der Waals surface area (Å²) in [4.78, 5) is 1.47. The van der Waals surface area contributed by atoms with E-state index in [1.165, 1.54) is 0 Å². The average Bonchev–Trinajstić information content (AvgIpc) is 2.35. The van der Waals surface area contributed by atoms with Crippen LogP contribution in [-0.4, -0.2) is 31.3 Å².